The molecule has 0 radical (unpaired) electrons. The molecule has 2 rings (SSSR count). The van der Waals surface area contributed by atoms with Crippen LogP contribution in [0.5, 0.6) is 5.75 Å². The van der Waals surface area contributed by atoms with Crippen molar-refractivity contribution in [3.8, 4) is 5.75 Å². The molecule has 4 nitrogen and oxygen atoms in total. The average Bonchev–Trinajstić information content (AvgIpc) is 2.50. The Bertz CT molecular complexity index is 594. The van der Waals surface area contributed by atoms with Gasteiger partial charge in [0.05, 0.1) is 7.11 Å². The number of aryl methyl sites for hydroxylation is 1. The summed E-state index contributed by atoms with van der Waals surface area (Å²) in [4.78, 5) is 9.25. The van der Waals surface area contributed by atoms with Gasteiger partial charge in [-0.15, -0.1) is 0 Å². The smallest absolute Gasteiger partial charge is 0.135 e. The molecule has 112 valence electrons. The molecule has 0 amide bonds. The van der Waals surface area contributed by atoms with E-state index in [1.54, 1.807) is 7.11 Å². The Morgan fingerprint density at radius 3 is 2.43 bits per heavy atom. The molecule has 2 aromatic rings. The second kappa shape index (κ2) is 7.07. The first-order valence-electron chi connectivity index (χ1n) is 7.35. The summed E-state index contributed by atoms with van der Waals surface area (Å²) in [5.74, 6) is 2.67. The predicted octanol–water partition coefficient (Wildman–Crippen LogP) is 3.51. The zero-order chi connectivity index (χ0) is 15.2. The van der Waals surface area contributed by atoms with Gasteiger partial charge in [0.15, 0.2) is 0 Å². The van der Waals surface area contributed by atoms with Gasteiger partial charge in [0.1, 0.15) is 17.4 Å². The van der Waals surface area contributed by atoms with Crippen LogP contribution < -0.4 is 10.1 Å². The third-order valence-corrected chi connectivity index (χ3v) is 3.50. The first-order chi connectivity index (χ1) is 10.1. The fourth-order valence-corrected chi connectivity index (χ4v) is 2.11. The van der Waals surface area contributed by atoms with Crippen molar-refractivity contribution in [1.29, 1.82) is 0 Å². The van der Waals surface area contributed by atoms with Crippen LogP contribution in [0.1, 0.15) is 36.0 Å². The Kier molecular flexibility index (Phi) is 5.14. The molecular formula is C17H23N3O. The van der Waals surface area contributed by atoms with Crippen molar-refractivity contribution in [3.05, 3.63) is 46.9 Å². The van der Waals surface area contributed by atoms with Gasteiger partial charge < -0.3 is 10.1 Å². The molecule has 21 heavy (non-hydrogen) atoms. The van der Waals surface area contributed by atoms with Crippen molar-refractivity contribution in [3.63, 3.8) is 0 Å². The fourth-order valence-electron chi connectivity index (χ4n) is 2.11. The number of hydrogen-bond donors (Lipinski definition) is 1. The van der Waals surface area contributed by atoms with Crippen molar-refractivity contribution in [2.24, 2.45) is 0 Å². The molecule has 0 bridgehead atoms. The van der Waals surface area contributed by atoms with E-state index in [1.807, 2.05) is 19.1 Å². The Morgan fingerprint density at radius 2 is 1.81 bits per heavy atom. The van der Waals surface area contributed by atoms with E-state index >= 15 is 0 Å². The highest BCUT2D eigenvalue weighted by atomic mass is 16.5. The molecule has 0 aliphatic carbocycles. The quantitative estimate of drug-likeness (QED) is 0.882. The summed E-state index contributed by atoms with van der Waals surface area (Å²) in [5.41, 5.74) is 3.34. The third-order valence-electron chi connectivity index (χ3n) is 3.50. The molecule has 0 aliphatic heterocycles. The van der Waals surface area contributed by atoms with Crippen LogP contribution in [0.3, 0.4) is 0 Å². The average molecular weight is 285 g/mol. The number of methoxy groups -OCH3 is 1. The highest BCUT2D eigenvalue weighted by Crippen LogP contribution is 2.18. The largest absolute Gasteiger partial charge is 0.497 e. The van der Waals surface area contributed by atoms with E-state index in [2.05, 4.69) is 41.3 Å². The predicted molar refractivity (Wildman–Crippen MR) is 86.1 cm³/mol. The van der Waals surface area contributed by atoms with E-state index in [9.17, 15) is 0 Å². The molecule has 0 saturated heterocycles. The lowest BCUT2D eigenvalue weighted by atomic mass is 10.1. The first-order valence-corrected chi connectivity index (χ1v) is 7.35. The molecule has 0 aliphatic rings. The van der Waals surface area contributed by atoms with Crippen LogP contribution in [0.4, 0.5) is 5.82 Å². The van der Waals surface area contributed by atoms with Crippen molar-refractivity contribution >= 4 is 5.82 Å². The number of ether oxygens (including phenoxy) is 1. The standard InChI is InChI=1S/C17H23N3O/c1-5-10-18-17-12(2)13(3)19-16(20-17)11-14-6-8-15(21-4)9-7-14/h6-9H,5,10-11H2,1-4H3,(H,18,19,20). The molecule has 0 atom stereocenters. The van der Waals surface area contributed by atoms with Gasteiger partial charge in [-0.1, -0.05) is 19.1 Å². The molecule has 0 spiro atoms. The number of anilines is 1. The summed E-state index contributed by atoms with van der Waals surface area (Å²) >= 11 is 0. The van der Waals surface area contributed by atoms with Crippen LogP contribution in [0.2, 0.25) is 0 Å². The van der Waals surface area contributed by atoms with E-state index < -0.39 is 0 Å². The van der Waals surface area contributed by atoms with Crippen molar-refractivity contribution < 1.29 is 4.74 Å². The highest BCUT2D eigenvalue weighted by Gasteiger charge is 2.08. The lowest BCUT2D eigenvalue weighted by molar-refractivity contribution is 0.414. The Labute approximate surface area is 126 Å². The molecular weight excluding hydrogens is 262 g/mol. The zero-order valence-electron chi connectivity index (χ0n) is 13.2. The summed E-state index contributed by atoms with van der Waals surface area (Å²) in [6.45, 7) is 7.17. The normalized spacial score (nSPS) is 10.5. The van der Waals surface area contributed by atoms with E-state index in [0.29, 0.717) is 0 Å². The van der Waals surface area contributed by atoms with Crippen LogP contribution in [-0.4, -0.2) is 23.6 Å². The van der Waals surface area contributed by atoms with E-state index in [1.165, 1.54) is 5.56 Å². The van der Waals surface area contributed by atoms with Gasteiger partial charge in [-0.25, -0.2) is 9.97 Å². The molecule has 1 N–H and O–H groups in total. The van der Waals surface area contributed by atoms with Gasteiger partial charge in [0, 0.05) is 24.2 Å². The molecule has 0 saturated carbocycles. The minimum absolute atomic E-state index is 0.728. The van der Waals surface area contributed by atoms with E-state index in [0.717, 1.165) is 48.0 Å². The molecule has 4 heteroatoms. The number of hydrogen-bond acceptors (Lipinski definition) is 4. The van der Waals surface area contributed by atoms with Crippen LogP contribution in [0, 0.1) is 13.8 Å². The second-order valence-corrected chi connectivity index (χ2v) is 5.15. The van der Waals surface area contributed by atoms with Gasteiger partial charge in [0.25, 0.3) is 0 Å². The number of nitrogens with one attached hydrogen (secondary N) is 1. The fraction of sp³-hybridized carbons (Fsp3) is 0.412. The van der Waals surface area contributed by atoms with Gasteiger partial charge in [-0.2, -0.15) is 0 Å². The van der Waals surface area contributed by atoms with Crippen molar-refractivity contribution in [1.82, 2.24) is 9.97 Å². The maximum Gasteiger partial charge on any atom is 0.135 e. The topological polar surface area (TPSA) is 47.0 Å². The SMILES string of the molecule is CCCNc1nc(Cc2ccc(OC)cc2)nc(C)c1C. The van der Waals surface area contributed by atoms with Gasteiger partial charge in [-0.05, 0) is 38.0 Å². The summed E-state index contributed by atoms with van der Waals surface area (Å²) in [6, 6.07) is 8.03. The maximum absolute atomic E-state index is 5.18. The number of benzene rings is 1. The van der Waals surface area contributed by atoms with Gasteiger partial charge >= 0.3 is 0 Å². The lowest BCUT2D eigenvalue weighted by Crippen LogP contribution is -2.09. The molecule has 0 unspecified atom stereocenters. The molecule has 0 fully saturated rings. The Morgan fingerprint density at radius 1 is 1.10 bits per heavy atom. The van der Waals surface area contributed by atoms with Crippen LogP contribution in [0.25, 0.3) is 0 Å². The summed E-state index contributed by atoms with van der Waals surface area (Å²) in [7, 11) is 1.67. The van der Waals surface area contributed by atoms with E-state index in [4.69, 9.17) is 4.74 Å². The summed E-state index contributed by atoms with van der Waals surface area (Å²) < 4.78 is 5.18. The van der Waals surface area contributed by atoms with Gasteiger partial charge in [-0.3, -0.25) is 0 Å². The van der Waals surface area contributed by atoms with Crippen LogP contribution in [-0.2, 0) is 6.42 Å². The van der Waals surface area contributed by atoms with Crippen LogP contribution >= 0.6 is 0 Å². The summed E-state index contributed by atoms with van der Waals surface area (Å²) in [6.07, 6.45) is 1.81. The third kappa shape index (κ3) is 3.94. The molecule has 1 aromatic heterocycles. The first kappa shape index (κ1) is 15.3. The second-order valence-electron chi connectivity index (χ2n) is 5.15. The Balaban J connectivity index is 2.20. The van der Waals surface area contributed by atoms with Crippen LogP contribution in [0.15, 0.2) is 24.3 Å². The maximum atomic E-state index is 5.18. The zero-order valence-corrected chi connectivity index (χ0v) is 13.2. The monoisotopic (exact) mass is 285 g/mol. The lowest BCUT2D eigenvalue weighted by Gasteiger charge is -2.12. The number of nitrogens with zero attached hydrogens (tertiary/aromatic N) is 2. The number of aromatic nitrogens is 2. The summed E-state index contributed by atoms with van der Waals surface area (Å²) in [5, 5.41) is 3.38. The van der Waals surface area contributed by atoms with Crippen molar-refractivity contribution in [2.45, 2.75) is 33.6 Å². The molecule has 1 heterocycles. The highest BCUT2D eigenvalue weighted by molar-refractivity contribution is 5.45. The molecule has 1 aromatic carbocycles. The van der Waals surface area contributed by atoms with Gasteiger partial charge in [0.2, 0.25) is 0 Å². The minimum atomic E-state index is 0.728. The van der Waals surface area contributed by atoms with Crippen molar-refractivity contribution in [2.75, 3.05) is 19.0 Å². The number of rotatable bonds is 6. The Hall–Kier alpha value is -2.10. The minimum Gasteiger partial charge on any atom is -0.497 e. The van der Waals surface area contributed by atoms with E-state index in [-0.39, 0.29) is 0 Å².